The van der Waals surface area contributed by atoms with Crippen molar-refractivity contribution in [2.75, 3.05) is 47.5 Å². The second kappa shape index (κ2) is 17.6. The summed E-state index contributed by atoms with van der Waals surface area (Å²) in [4.78, 5) is 61.7. The van der Waals surface area contributed by atoms with Gasteiger partial charge in [0, 0.05) is 92.4 Å². The van der Waals surface area contributed by atoms with E-state index in [4.69, 9.17) is 18.9 Å². The number of methoxy groups -OCH3 is 3. The Morgan fingerprint density at radius 3 is 2.23 bits per heavy atom. The smallest absolute Gasteiger partial charge is 0.333 e. The highest BCUT2D eigenvalue weighted by Gasteiger charge is 2.29. The molecule has 0 atom stereocenters. The number of nitrogens with zero attached hydrogens (tertiary/aromatic N) is 5. The molecule has 0 saturated carbocycles. The zero-order chi connectivity index (χ0) is 40.1. The summed E-state index contributed by atoms with van der Waals surface area (Å²) in [6, 6.07) is 12.2. The molecule has 0 aliphatic carbocycles. The first-order chi connectivity index (χ1) is 27.7. The predicted molar refractivity (Wildman–Crippen MR) is 217 cm³/mol. The molecule has 14 heteroatoms. The largest absolute Gasteiger partial charge is 0.496 e. The summed E-state index contributed by atoms with van der Waals surface area (Å²) in [7, 11) is 4.84. The number of ether oxygens (including phenoxy) is 4. The maximum Gasteiger partial charge on any atom is 0.333 e. The van der Waals surface area contributed by atoms with E-state index in [0.29, 0.717) is 54.3 Å². The number of aryl methyl sites for hydroxylation is 1. The third kappa shape index (κ3) is 8.52. The van der Waals surface area contributed by atoms with Crippen LogP contribution in [-0.4, -0.2) is 94.5 Å². The summed E-state index contributed by atoms with van der Waals surface area (Å²) in [6.45, 7) is 6.29. The van der Waals surface area contributed by atoms with Crippen LogP contribution >= 0.6 is 0 Å². The third-order valence-corrected chi connectivity index (χ3v) is 11.1. The first-order valence-electron chi connectivity index (χ1n) is 19.6. The summed E-state index contributed by atoms with van der Waals surface area (Å²) < 4.78 is 27.0. The fraction of sp³-hybridized carbons (Fsp3) is 0.419. The Labute approximate surface area is 330 Å². The number of unbranched alkanes of at least 4 members (excludes halogenated alkanes) is 1. The van der Waals surface area contributed by atoms with Gasteiger partial charge in [0.2, 0.25) is 0 Å². The fourth-order valence-electron chi connectivity index (χ4n) is 7.95. The van der Waals surface area contributed by atoms with Crippen LogP contribution in [0.2, 0.25) is 0 Å². The van der Waals surface area contributed by atoms with E-state index in [1.807, 2.05) is 23.2 Å². The summed E-state index contributed by atoms with van der Waals surface area (Å²) in [6.07, 6.45) is 12.0. The molecular weight excluding hydrogens is 729 g/mol. The summed E-state index contributed by atoms with van der Waals surface area (Å²) >= 11 is 0. The van der Waals surface area contributed by atoms with Gasteiger partial charge in [0.1, 0.15) is 17.2 Å². The zero-order valence-corrected chi connectivity index (χ0v) is 33.0. The fourth-order valence-corrected chi connectivity index (χ4v) is 7.95. The highest BCUT2D eigenvalue weighted by atomic mass is 16.5. The van der Waals surface area contributed by atoms with Gasteiger partial charge in [-0.15, -0.1) is 0 Å². The van der Waals surface area contributed by atoms with Crippen LogP contribution in [-0.2, 0) is 17.8 Å². The van der Waals surface area contributed by atoms with Crippen molar-refractivity contribution in [2.45, 2.75) is 70.7 Å². The van der Waals surface area contributed by atoms with Crippen molar-refractivity contribution < 1.29 is 23.7 Å². The minimum absolute atomic E-state index is 0.0455. The average Bonchev–Trinajstić information content (AvgIpc) is 3.24. The highest BCUT2D eigenvalue weighted by Crippen LogP contribution is 2.39. The Morgan fingerprint density at radius 1 is 0.825 bits per heavy atom. The number of fused-ring (bicyclic) bond motifs is 1. The van der Waals surface area contributed by atoms with E-state index in [1.54, 1.807) is 49.4 Å². The van der Waals surface area contributed by atoms with Crippen molar-refractivity contribution in [1.82, 2.24) is 28.9 Å². The minimum Gasteiger partial charge on any atom is -0.496 e. The van der Waals surface area contributed by atoms with Crippen LogP contribution in [0.15, 0.2) is 81.6 Å². The summed E-state index contributed by atoms with van der Waals surface area (Å²) in [5.41, 5.74) is 2.41. The highest BCUT2D eigenvalue weighted by molar-refractivity contribution is 5.97. The van der Waals surface area contributed by atoms with Crippen LogP contribution in [0.3, 0.4) is 0 Å². The minimum atomic E-state index is -0.615. The molecule has 14 nitrogen and oxygen atoms in total. The lowest BCUT2D eigenvalue weighted by atomic mass is 9.98. The molecule has 57 heavy (non-hydrogen) atoms. The summed E-state index contributed by atoms with van der Waals surface area (Å²) in [5.74, 6) is 1.74. The van der Waals surface area contributed by atoms with Gasteiger partial charge in [-0.1, -0.05) is 13.3 Å². The van der Waals surface area contributed by atoms with Gasteiger partial charge in [0.15, 0.2) is 0 Å². The Balaban J connectivity index is 0.963. The number of hydrogen-bond donors (Lipinski definition) is 1. The number of amides is 1. The van der Waals surface area contributed by atoms with Crippen LogP contribution in [0.1, 0.15) is 61.4 Å². The molecule has 2 aliphatic heterocycles. The van der Waals surface area contributed by atoms with E-state index in [-0.39, 0.29) is 23.7 Å². The maximum atomic E-state index is 13.6. The molecule has 5 aromatic rings. The quantitative estimate of drug-likeness (QED) is 0.173. The topological polar surface area (TPSA) is 150 Å². The number of nitrogens with one attached hydrogen (secondary N) is 1. The predicted octanol–water partition coefficient (Wildman–Crippen LogP) is 5.01. The van der Waals surface area contributed by atoms with Gasteiger partial charge in [-0.05, 0) is 73.9 Å². The normalized spacial score (nSPS) is 15.5. The van der Waals surface area contributed by atoms with E-state index in [9.17, 15) is 19.2 Å². The van der Waals surface area contributed by atoms with Crippen molar-refractivity contribution in [2.24, 2.45) is 0 Å². The van der Waals surface area contributed by atoms with Gasteiger partial charge in [-0.2, -0.15) is 0 Å². The number of likely N-dealkylation sites (tertiary alicyclic amines) is 2. The molecule has 3 aromatic heterocycles. The number of pyridine rings is 2. The SMILES string of the molecule is CCCCn1cc(-c2cc(OC)c(CN3CCC(OC4CCN(C(=O)c5ccc(OC)c(-n6ccc(=O)[nH]c6=O)c5)CC4)CC3)cc2OC)c2ccncc2c1=O. The van der Waals surface area contributed by atoms with E-state index in [1.165, 1.54) is 23.9 Å². The lowest BCUT2D eigenvalue weighted by molar-refractivity contribution is -0.0629. The number of rotatable bonds is 13. The van der Waals surface area contributed by atoms with Gasteiger partial charge in [-0.25, -0.2) is 4.79 Å². The Morgan fingerprint density at radius 2 is 1.54 bits per heavy atom. The Kier molecular flexibility index (Phi) is 12.2. The van der Waals surface area contributed by atoms with Crippen molar-refractivity contribution in [3.63, 3.8) is 0 Å². The van der Waals surface area contributed by atoms with Gasteiger partial charge >= 0.3 is 5.69 Å². The van der Waals surface area contributed by atoms with Crippen molar-refractivity contribution in [3.05, 3.63) is 110 Å². The second-order valence-corrected chi connectivity index (χ2v) is 14.7. The van der Waals surface area contributed by atoms with Crippen molar-refractivity contribution >= 4 is 16.7 Å². The molecule has 0 unspecified atom stereocenters. The monoisotopic (exact) mass is 778 g/mol. The van der Waals surface area contributed by atoms with Crippen LogP contribution in [0.5, 0.6) is 17.2 Å². The Hall–Kier alpha value is -5.73. The first kappa shape index (κ1) is 39.5. The summed E-state index contributed by atoms with van der Waals surface area (Å²) in [5, 5.41) is 1.40. The van der Waals surface area contributed by atoms with E-state index >= 15 is 0 Å². The number of carbonyl (C=O) groups is 1. The van der Waals surface area contributed by atoms with Gasteiger partial charge < -0.3 is 28.4 Å². The number of hydrogen-bond acceptors (Lipinski definition) is 10. The van der Waals surface area contributed by atoms with Crippen LogP contribution in [0.4, 0.5) is 0 Å². The average molecular weight is 779 g/mol. The molecule has 0 bridgehead atoms. The van der Waals surface area contributed by atoms with Crippen molar-refractivity contribution in [3.8, 4) is 34.1 Å². The molecule has 2 aromatic carbocycles. The molecule has 0 radical (unpaired) electrons. The second-order valence-electron chi connectivity index (χ2n) is 14.7. The molecule has 1 N–H and O–H groups in total. The third-order valence-electron chi connectivity index (χ3n) is 11.1. The number of carbonyl (C=O) groups excluding carboxylic acids is 1. The van der Waals surface area contributed by atoms with Gasteiger partial charge in [0.25, 0.3) is 17.0 Å². The molecule has 300 valence electrons. The van der Waals surface area contributed by atoms with Crippen molar-refractivity contribution in [1.29, 1.82) is 0 Å². The molecule has 7 rings (SSSR count). The lowest BCUT2D eigenvalue weighted by Crippen LogP contribution is -2.43. The standard InChI is InChI=1S/C43H50N6O8/c1-5-6-16-48-27-35(32-9-15-44-25-34(32)42(48)52)33-24-38(55-3)29(23-39(33)56-4)26-46-17-10-30(11-18-46)57-31-12-19-47(20-13-31)41(51)28-7-8-37(54-2)36(22-28)49-21-14-40(50)45-43(49)53/h7-9,14-15,21-25,27,30-31H,5-6,10-13,16-20,26H2,1-4H3,(H,45,50,53). The van der Waals surface area contributed by atoms with E-state index in [2.05, 4.69) is 27.9 Å². The van der Waals surface area contributed by atoms with Gasteiger partial charge in [0.05, 0.1) is 44.6 Å². The lowest BCUT2D eigenvalue weighted by Gasteiger charge is -2.37. The molecule has 0 spiro atoms. The van der Waals surface area contributed by atoms with Gasteiger partial charge in [-0.3, -0.25) is 33.8 Å². The van der Waals surface area contributed by atoms with E-state index in [0.717, 1.165) is 79.4 Å². The number of H-pyrrole nitrogens is 1. The Bertz CT molecular complexity index is 2410. The molecule has 2 saturated heterocycles. The zero-order valence-electron chi connectivity index (χ0n) is 33.0. The maximum absolute atomic E-state index is 13.6. The molecular formula is C43H50N6O8. The number of benzene rings is 2. The molecule has 2 fully saturated rings. The number of piperidine rings is 2. The van der Waals surface area contributed by atoms with Crippen LogP contribution < -0.4 is 31.0 Å². The van der Waals surface area contributed by atoms with E-state index < -0.39 is 11.2 Å². The van der Waals surface area contributed by atoms with Crippen LogP contribution in [0, 0.1) is 0 Å². The first-order valence-corrected chi connectivity index (χ1v) is 19.6. The van der Waals surface area contributed by atoms with Crippen LogP contribution in [0.25, 0.3) is 27.6 Å². The number of aromatic nitrogens is 4. The number of aromatic amines is 1. The molecule has 5 heterocycles. The molecule has 1 amide bonds. The molecule has 2 aliphatic rings.